The highest BCUT2D eigenvalue weighted by atomic mass is 32.1. The van der Waals surface area contributed by atoms with Gasteiger partial charge in [-0.15, -0.1) is 11.3 Å². The highest BCUT2D eigenvalue weighted by Gasteiger charge is 2.40. The normalized spacial score (nSPS) is 19.1. The molecule has 0 spiro atoms. The van der Waals surface area contributed by atoms with Crippen molar-refractivity contribution in [2.75, 3.05) is 14.1 Å². The van der Waals surface area contributed by atoms with Crippen molar-refractivity contribution in [2.24, 2.45) is 0 Å². The standard InChI is InChI=1S/C15H23NOS/c1-16(2)15(10-4-3-5-11-15)14(17)9-8-13-7-6-12-18-13/h6-7,12H,3-5,8-11H2,1-2H3. The lowest BCUT2D eigenvalue weighted by Crippen LogP contribution is -2.52. The average molecular weight is 265 g/mol. The number of likely N-dealkylation sites (N-methyl/N-ethyl adjacent to an activating group) is 1. The van der Waals surface area contributed by atoms with Crippen LogP contribution in [-0.2, 0) is 11.2 Å². The van der Waals surface area contributed by atoms with Gasteiger partial charge in [-0.2, -0.15) is 0 Å². The average Bonchev–Trinajstić information content (AvgIpc) is 2.89. The predicted octanol–water partition coefficient (Wildman–Crippen LogP) is 3.51. The molecule has 18 heavy (non-hydrogen) atoms. The van der Waals surface area contributed by atoms with E-state index in [0.717, 1.165) is 19.3 Å². The molecular weight excluding hydrogens is 242 g/mol. The number of thiophene rings is 1. The molecule has 0 atom stereocenters. The fourth-order valence-corrected chi connectivity index (χ4v) is 3.75. The topological polar surface area (TPSA) is 20.3 Å². The minimum atomic E-state index is -0.171. The van der Waals surface area contributed by atoms with Gasteiger partial charge in [0.2, 0.25) is 0 Å². The second-order valence-electron chi connectivity index (χ2n) is 5.49. The molecule has 2 rings (SSSR count). The molecule has 0 radical (unpaired) electrons. The van der Waals surface area contributed by atoms with Crippen LogP contribution in [0.3, 0.4) is 0 Å². The Morgan fingerprint density at radius 2 is 2.06 bits per heavy atom. The van der Waals surface area contributed by atoms with Gasteiger partial charge in [0.1, 0.15) is 0 Å². The summed E-state index contributed by atoms with van der Waals surface area (Å²) in [4.78, 5) is 16.1. The largest absolute Gasteiger partial charge is 0.298 e. The van der Waals surface area contributed by atoms with Gasteiger partial charge in [0.25, 0.3) is 0 Å². The fraction of sp³-hybridized carbons (Fsp3) is 0.667. The van der Waals surface area contributed by atoms with Crippen LogP contribution in [0.1, 0.15) is 43.4 Å². The highest BCUT2D eigenvalue weighted by molar-refractivity contribution is 7.09. The minimum Gasteiger partial charge on any atom is -0.298 e. The van der Waals surface area contributed by atoms with E-state index in [2.05, 4.69) is 36.5 Å². The van der Waals surface area contributed by atoms with E-state index in [9.17, 15) is 4.79 Å². The number of carbonyl (C=O) groups is 1. The molecule has 1 aliphatic carbocycles. The summed E-state index contributed by atoms with van der Waals surface area (Å²) in [5, 5.41) is 2.09. The number of nitrogens with zero attached hydrogens (tertiary/aromatic N) is 1. The van der Waals surface area contributed by atoms with E-state index in [1.807, 2.05) is 0 Å². The third kappa shape index (κ3) is 2.83. The van der Waals surface area contributed by atoms with Gasteiger partial charge in [-0.1, -0.05) is 25.3 Å². The summed E-state index contributed by atoms with van der Waals surface area (Å²) in [6.07, 6.45) is 7.37. The second-order valence-corrected chi connectivity index (χ2v) is 6.52. The molecule has 2 nitrogen and oxygen atoms in total. The van der Waals surface area contributed by atoms with Crippen molar-refractivity contribution >= 4 is 17.1 Å². The molecule has 1 fully saturated rings. The van der Waals surface area contributed by atoms with Crippen LogP contribution >= 0.6 is 11.3 Å². The van der Waals surface area contributed by atoms with Crippen LogP contribution in [0.5, 0.6) is 0 Å². The van der Waals surface area contributed by atoms with Crippen molar-refractivity contribution in [1.29, 1.82) is 0 Å². The van der Waals surface area contributed by atoms with E-state index in [-0.39, 0.29) is 5.54 Å². The lowest BCUT2D eigenvalue weighted by Gasteiger charge is -2.41. The molecule has 0 saturated heterocycles. The van der Waals surface area contributed by atoms with Crippen molar-refractivity contribution < 1.29 is 4.79 Å². The fourth-order valence-electron chi connectivity index (χ4n) is 3.04. The molecule has 0 unspecified atom stereocenters. The first-order valence-corrected chi connectivity index (χ1v) is 7.76. The summed E-state index contributed by atoms with van der Waals surface area (Å²) >= 11 is 1.75. The lowest BCUT2D eigenvalue weighted by atomic mass is 9.76. The lowest BCUT2D eigenvalue weighted by molar-refractivity contribution is -0.131. The summed E-state index contributed by atoms with van der Waals surface area (Å²) in [7, 11) is 4.13. The van der Waals surface area contributed by atoms with Gasteiger partial charge in [0, 0.05) is 11.3 Å². The van der Waals surface area contributed by atoms with Crippen molar-refractivity contribution in [2.45, 2.75) is 50.5 Å². The van der Waals surface area contributed by atoms with Gasteiger partial charge in [-0.05, 0) is 44.8 Å². The first kappa shape index (κ1) is 13.8. The van der Waals surface area contributed by atoms with Gasteiger partial charge >= 0.3 is 0 Å². The van der Waals surface area contributed by atoms with E-state index in [1.165, 1.54) is 24.1 Å². The first-order valence-electron chi connectivity index (χ1n) is 6.88. The Balaban J connectivity index is 1.99. The molecule has 1 heterocycles. The molecular formula is C15H23NOS. The molecule has 1 aromatic rings. The highest BCUT2D eigenvalue weighted by Crippen LogP contribution is 2.34. The van der Waals surface area contributed by atoms with Crippen LogP contribution in [0, 0.1) is 0 Å². The van der Waals surface area contributed by atoms with Crippen molar-refractivity contribution in [3.63, 3.8) is 0 Å². The summed E-state index contributed by atoms with van der Waals surface area (Å²) in [5.41, 5.74) is -0.171. The van der Waals surface area contributed by atoms with Crippen LogP contribution in [0.25, 0.3) is 0 Å². The van der Waals surface area contributed by atoms with Crippen LogP contribution < -0.4 is 0 Å². The maximum absolute atomic E-state index is 12.6. The molecule has 0 N–H and O–H groups in total. The Labute approximate surface area is 114 Å². The van der Waals surface area contributed by atoms with Crippen LogP contribution in [0.15, 0.2) is 17.5 Å². The summed E-state index contributed by atoms with van der Waals surface area (Å²) in [6.45, 7) is 0. The van der Waals surface area contributed by atoms with Gasteiger partial charge in [0.15, 0.2) is 5.78 Å². The Bertz CT molecular complexity index is 377. The number of Topliss-reactive ketones (excluding diaryl/α,β-unsaturated/α-hetero) is 1. The maximum atomic E-state index is 12.6. The zero-order chi connectivity index (χ0) is 13.0. The van der Waals surface area contributed by atoms with Crippen molar-refractivity contribution in [3.8, 4) is 0 Å². The Hall–Kier alpha value is -0.670. The van der Waals surface area contributed by atoms with E-state index < -0.39 is 0 Å². The molecule has 1 aliphatic rings. The van der Waals surface area contributed by atoms with Gasteiger partial charge in [-0.25, -0.2) is 0 Å². The summed E-state index contributed by atoms with van der Waals surface area (Å²) in [6, 6.07) is 4.19. The van der Waals surface area contributed by atoms with E-state index in [1.54, 1.807) is 11.3 Å². The number of hydrogen-bond donors (Lipinski definition) is 0. The summed E-state index contributed by atoms with van der Waals surface area (Å²) in [5.74, 6) is 0.445. The zero-order valence-corrected chi connectivity index (χ0v) is 12.3. The molecule has 1 aromatic heterocycles. The Morgan fingerprint density at radius 3 is 2.61 bits per heavy atom. The number of aryl methyl sites for hydroxylation is 1. The third-order valence-corrected chi connectivity index (χ3v) is 5.17. The van der Waals surface area contributed by atoms with Gasteiger partial charge in [-0.3, -0.25) is 9.69 Å². The Kier molecular flexibility index (Phi) is 4.57. The number of rotatable bonds is 5. The van der Waals surface area contributed by atoms with Crippen LogP contribution in [0.4, 0.5) is 0 Å². The number of hydrogen-bond acceptors (Lipinski definition) is 3. The molecule has 0 bridgehead atoms. The minimum absolute atomic E-state index is 0.171. The number of carbonyl (C=O) groups excluding carboxylic acids is 1. The quantitative estimate of drug-likeness (QED) is 0.812. The molecule has 0 amide bonds. The van der Waals surface area contributed by atoms with Crippen molar-refractivity contribution in [1.82, 2.24) is 4.90 Å². The monoisotopic (exact) mass is 265 g/mol. The Morgan fingerprint density at radius 1 is 1.33 bits per heavy atom. The van der Waals surface area contributed by atoms with E-state index in [4.69, 9.17) is 0 Å². The van der Waals surface area contributed by atoms with Crippen LogP contribution in [0.2, 0.25) is 0 Å². The SMILES string of the molecule is CN(C)C1(C(=O)CCc2cccs2)CCCCC1. The van der Waals surface area contributed by atoms with E-state index in [0.29, 0.717) is 12.2 Å². The molecule has 100 valence electrons. The zero-order valence-electron chi connectivity index (χ0n) is 11.4. The predicted molar refractivity (Wildman–Crippen MR) is 77.2 cm³/mol. The van der Waals surface area contributed by atoms with Crippen molar-refractivity contribution in [3.05, 3.63) is 22.4 Å². The molecule has 0 aromatic carbocycles. The van der Waals surface area contributed by atoms with E-state index >= 15 is 0 Å². The first-order chi connectivity index (χ1) is 8.65. The summed E-state index contributed by atoms with van der Waals surface area (Å²) < 4.78 is 0. The smallest absolute Gasteiger partial charge is 0.153 e. The molecule has 3 heteroatoms. The van der Waals surface area contributed by atoms with Gasteiger partial charge in [0.05, 0.1) is 5.54 Å². The van der Waals surface area contributed by atoms with Gasteiger partial charge < -0.3 is 0 Å². The number of ketones is 1. The molecule has 0 aliphatic heterocycles. The molecule has 1 saturated carbocycles. The van der Waals surface area contributed by atoms with Crippen LogP contribution in [-0.4, -0.2) is 30.3 Å². The third-order valence-electron chi connectivity index (χ3n) is 4.23. The second kappa shape index (κ2) is 5.98. The maximum Gasteiger partial charge on any atom is 0.153 e.